The summed E-state index contributed by atoms with van der Waals surface area (Å²) in [5.74, 6) is -0.790. The summed E-state index contributed by atoms with van der Waals surface area (Å²) in [6, 6.07) is 0. The third-order valence-electron chi connectivity index (χ3n) is 2.75. The van der Waals surface area contributed by atoms with Gasteiger partial charge in [-0.05, 0) is 13.3 Å². The molecule has 1 heterocycles. The molecule has 0 bridgehead atoms. The Balaban J connectivity index is 2.82. The first kappa shape index (κ1) is 17.3. The fourth-order valence-electron chi connectivity index (χ4n) is 1.84. The molecule has 120 valence electrons. The number of carbonyl (C=O) groups excluding carboxylic acids is 1. The van der Waals surface area contributed by atoms with Gasteiger partial charge in [0, 0.05) is 26.8 Å². The molecule has 6 nitrogen and oxygen atoms in total. The van der Waals surface area contributed by atoms with Gasteiger partial charge in [-0.25, -0.2) is 0 Å². The molecule has 0 saturated carbocycles. The fourth-order valence-corrected chi connectivity index (χ4v) is 1.84. The summed E-state index contributed by atoms with van der Waals surface area (Å²) < 4.78 is 44.1. The highest BCUT2D eigenvalue weighted by molar-refractivity contribution is 5.97. The molecule has 9 heteroatoms. The van der Waals surface area contributed by atoms with E-state index < -0.39 is 18.6 Å². The number of hydrogen-bond acceptors (Lipinski definition) is 4. The van der Waals surface area contributed by atoms with Gasteiger partial charge in [-0.15, -0.1) is 0 Å². The second-order valence-electron chi connectivity index (χ2n) is 4.46. The Morgan fingerprint density at radius 1 is 1.52 bits per heavy atom. The van der Waals surface area contributed by atoms with Crippen LogP contribution in [0.4, 0.5) is 18.9 Å². The zero-order valence-electron chi connectivity index (χ0n) is 12.0. The minimum atomic E-state index is -4.48. The van der Waals surface area contributed by atoms with Crippen LogP contribution in [0, 0.1) is 0 Å². The summed E-state index contributed by atoms with van der Waals surface area (Å²) in [6.07, 6.45) is -2.93. The van der Waals surface area contributed by atoms with Crippen molar-refractivity contribution in [2.75, 3.05) is 32.0 Å². The Kier molecular flexibility index (Phi) is 6.01. The second kappa shape index (κ2) is 7.30. The first-order valence-electron chi connectivity index (χ1n) is 6.47. The van der Waals surface area contributed by atoms with E-state index in [1.165, 1.54) is 17.9 Å². The Labute approximate surface area is 120 Å². The van der Waals surface area contributed by atoms with Gasteiger partial charge in [0.05, 0.1) is 11.9 Å². The van der Waals surface area contributed by atoms with Crippen LogP contribution < -0.4 is 5.73 Å². The molecule has 1 rings (SSSR count). The lowest BCUT2D eigenvalue weighted by molar-refractivity contribution is -0.141. The van der Waals surface area contributed by atoms with E-state index in [4.69, 9.17) is 10.5 Å². The molecule has 1 aromatic rings. The van der Waals surface area contributed by atoms with E-state index in [1.54, 1.807) is 6.92 Å². The summed E-state index contributed by atoms with van der Waals surface area (Å²) >= 11 is 0. The van der Waals surface area contributed by atoms with E-state index in [0.717, 1.165) is 0 Å². The number of anilines is 1. The number of carbonyl (C=O) groups is 1. The summed E-state index contributed by atoms with van der Waals surface area (Å²) in [5.41, 5.74) is 5.59. The minimum absolute atomic E-state index is 0.0457. The van der Waals surface area contributed by atoms with Crippen LogP contribution >= 0.6 is 0 Å². The van der Waals surface area contributed by atoms with Crippen LogP contribution in [0.25, 0.3) is 0 Å². The Morgan fingerprint density at radius 2 is 2.19 bits per heavy atom. The number of aryl methyl sites for hydroxylation is 1. The minimum Gasteiger partial charge on any atom is -0.396 e. The van der Waals surface area contributed by atoms with E-state index in [9.17, 15) is 18.0 Å². The van der Waals surface area contributed by atoms with E-state index in [2.05, 4.69) is 5.10 Å². The van der Waals surface area contributed by atoms with Gasteiger partial charge in [-0.3, -0.25) is 9.48 Å². The molecule has 21 heavy (non-hydrogen) atoms. The molecule has 0 aliphatic heterocycles. The maximum atomic E-state index is 12.6. The normalized spacial score (nSPS) is 11.7. The number of ether oxygens (including phenoxy) is 1. The predicted molar refractivity (Wildman–Crippen MR) is 70.7 cm³/mol. The van der Waals surface area contributed by atoms with E-state index in [0.29, 0.717) is 24.5 Å². The van der Waals surface area contributed by atoms with Gasteiger partial charge in [-0.2, -0.15) is 18.3 Å². The molecular formula is C12H19F3N4O2. The average Bonchev–Trinajstić information content (AvgIpc) is 2.70. The Morgan fingerprint density at radius 3 is 2.67 bits per heavy atom. The summed E-state index contributed by atoms with van der Waals surface area (Å²) in [6.45, 7) is 1.15. The molecule has 0 spiro atoms. The van der Waals surface area contributed by atoms with Gasteiger partial charge in [0.15, 0.2) is 0 Å². The number of nitrogens with two attached hydrogens (primary N) is 1. The molecule has 0 aliphatic carbocycles. The number of nitrogens with zero attached hydrogens (tertiary/aromatic N) is 3. The summed E-state index contributed by atoms with van der Waals surface area (Å²) in [7, 11) is 1.45. The van der Waals surface area contributed by atoms with Gasteiger partial charge in [0.2, 0.25) is 0 Å². The molecule has 1 amide bonds. The fraction of sp³-hybridized carbons (Fsp3) is 0.667. The highest BCUT2D eigenvalue weighted by Crippen LogP contribution is 2.20. The van der Waals surface area contributed by atoms with Gasteiger partial charge >= 0.3 is 6.18 Å². The van der Waals surface area contributed by atoms with E-state index in [1.807, 2.05) is 0 Å². The van der Waals surface area contributed by atoms with Crippen molar-refractivity contribution in [3.63, 3.8) is 0 Å². The Hall–Kier alpha value is -1.77. The molecule has 1 aromatic heterocycles. The Bertz CT molecular complexity index is 454. The third-order valence-corrected chi connectivity index (χ3v) is 2.75. The van der Waals surface area contributed by atoms with Gasteiger partial charge < -0.3 is 15.4 Å². The molecule has 0 aromatic carbocycles. The van der Waals surface area contributed by atoms with Crippen molar-refractivity contribution in [1.82, 2.24) is 14.7 Å². The van der Waals surface area contributed by atoms with Crippen LogP contribution in [0.5, 0.6) is 0 Å². The molecule has 0 radical (unpaired) electrons. The van der Waals surface area contributed by atoms with Crippen LogP contribution in [0.15, 0.2) is 6.20 Å². The number of nitrogen functional groups attached to an aromatic ring is 1. The number of alkyl halides is 3. The van der Waals surface area contributed by atoms with Crippen LogP contribution in [0.2, 0.25) is 0 Å². The number of halogens is 3. The zero-order valence-corrected chi connectivity index (χ0v) is 12.0. The largest absolute Gasteiger partial charge is 0.406 e. The standard InChI is InChI=1S/C12H19F3N4O2/c1-3-21-6-4-5-19(8-12(13,14)15)11(20)10-9(16)7-17-18(10)2/h7H,3-6,8,16H2,1-2H3. The van der Waals surface area contributed by atoms with Crippen molar-refractivity contribution >= 4 is 11.6 Å². The number of rotatable bonds is 7. The van der Waals surface area contributed by atoms with E-state index in [-0.39, 0.29) is 17.9 Å². The first-order chi connectivity index (χ1) is 9.76. The molecule has 0 fully saturated rings. The second-order valence-corrected chi connectivity index (χ2v) is 4.46. The zero-order chi connectivity index (χ0) is 16.0. The molecular weight excluding hydrogens is 289 g/mol. The number of amides is 1. The van der Waals surface area contributed by atoms with Gasteiger partial charge in [0.1, 0.15) is 12.2 Å². The SMILES string of the molecule is CCOCCCN(CC(F)(F)F)C(=O)c1c(N)cnn1C. The van der Waals surface area contributed by atoms with Crippen LogP contribution in [-0.2, 0) is 11.8 Å². The topological polar surface area (TPSA) is 73.4 Å². The van der Waals surface area contributed by atoms with Gasteiger partial charge in [-0.1, -0.05) is 0 Å². The van der Waals surface area contributed by atoms with Crippen molar-refractivity contribution in [3.8, 4) is 0 Å². The highest BCUT2D eigenvalue weighted by atomic mass is 19.4. The smallest absolute Gasteiger partial charge is 0.396 e. The lowest BCUT2D eigenvalue weighted by Gasteiger charge is -2.24. The average molecular weight is 308 g/mol. The first-order valence-corrected chi connectivity index (χ1v) is 6.47. The molecule has 0 unspecified atom stereocenters. The number of aromatic nitrogens is 2. The molecule has 0 aliphatic rings. The van der Waals surface area contributed by atoms with Crippen molar-refractivity contribution in [2.24, 2.45) is 7.05 Å². The van der Waals surface area contributed by atoms with Gasteiger partial charge in [0.25, 0.3) is 5.91 Å². The van der Waals surface area contributed by atoms with Crippen molar-refractivity contribution in [3.05, 3.63) is 11.9 Å². The highest BCUT2D eigenvalue weighted by Gasteiger charge is 2.34. The quantitative estimate of drug-likeness (QED) is 0.773. The van der Waals surface area contributed by atoms with Crippen molar-refractivity contribution in [1.29, 1.82) is 0 Å². The predicted octanol–water partition coefficient (Wildman–Crippen LogP) is 1.43. The summed E-state index contributed by atoms with van der Waals surface area (Å²) in [5, 5.41) is 3.76. The van der Waals surface area contributed by atoms with E-state index >= 15 is 0 Å². The monoisotopic (exact) mass is 308 g/mol. The molecule has 2 N–H and O–H groups in total. The third kappa shape index (κ3) is 5.25. The van der Waals surface area contributed by atoms with Crippen molar-refractivity contribution < 1.29 is 22.7 Å². The lowest BCUT2D eigenvalue weighted by Crippen LogP contribution is -2.41. The summed E-state index contributed by atoms with van der Waals surface area (Å²) in [4.78, 5) is 12.9. The molecule has 0 saturated heterocycles. The van der Waals surface area contributed by atoms with Crippen LogP contribution in [0.1, 0.15) is 23.8 Å². The maximum Gasteiger partial charge on any atom is 0.406 e. The maximum absolute atomic E-state index is 12.6. The van der Waals surface area contributed by atoms with Crippen molar-refractivity contribution in [2.45, 2.75) is 19.5 Å². The van der Waals surface area contributed by atoms with Crippen LogP contribution in [-0.4, -0.2) is 53.1 Å². The molecule has 0 atom stereocenters. The van der Waals surface area contributed by atoms with Crippen LogP contribution in [0.3, 0.4) is 0 Å². The number of hydrogen-bond donors (Lipinski definition) is 1. The lowest BCUT2D eigenvalue weighted by atomic mass is 10.3.